The average molecular weight is 333 g/mol. The first-order valence-electron chi connectivity index (χ1n) is 4.86. The topological polar surface area (TPSA) is 25.2 Å². The number of hydrogen-bond donors (Lipinski definition) is 0. The molecule has 0 saturated carbocycles. The van der Waals surface area contributed by atoms with Gasteiger partial charge in [-0.05, 0) is 31.2 Å². The van der Waals surface area contributed by atoms with Gasteiger partial charge in [0.2, 0.25) is 0 Å². The van der Waals surface area contributed by atoms with Crippen molar-refractivity contribution >= 4 is 11.9 Å². The predicted octanol–water partition coefficient (Wildman–Crippen LogP) is 4.04. The van der Waals surface area contributed by atoms with Crippen molar-refractivity contribution in [3.63, 3.8) is 0 Å². The number of aryl methyl sites for hydroxylation is 1. The normalized spacial score (nSPS) is 8.94. The Morgan fingerprint density at radius 3 is 2.22 bits per heavy atom. The van der Waals surface area contributed by atoms with Crippen molar-refractivity contribution in [2.24, 2.45) is 4.99 Å². The smallest absolute Gasteiger partial charge is 0.358 e. The zero-order valence-corrected chi connectivity index (χ0v) is 12.5. The van der Waals surface area contributed by atoms with Crippen molar-refractivity contribution in [1.82, 2.24) is 4.98 Å². The van der Waals surface area contributed by atoms with E-state index in [-0.39, 0.29) is 35.3 Å². The molecule has 1 heterocycles. The predicted molar refractivity (Wildman–Crippen MR) is 75.5 cm³/mol. The Bertz CT molecular complexity index is 450. The summed E-state index contributed by atoms with van der Waals surface area (Å²) in [6, 6.07) is 13.9. The van der Waals surface area contributed by atoms with Gasteiger partial charge in [-0.15, -0.1) is 0 Å². The summed E-state index contributed by atoms with van der Waals surface area (Å²) in [7, 11) is 0. The second-order valence-electron chi connectivity index (χ2n) is 3.35. The van der Waals surface area contributed by atoms with Gasteiger partial charge in [0, 0.05) is 6.20 Å². The van der Waals surface area contributed by atoms with Gasteiger partial charge in [-0.2, -0.15) is 0 Å². The van der Waals surface area contributed by atoms with E-state index in [0.717, 1.165) is 11.4 Å². The Labute approximate surface area is 124 Å². The number of pyridine rings is 1. The van der Waals surface area contributed by atoms with E-state index in [1.54, 1.807) is 12.4 Å². The Morgan fingerprint density at radius 2 is 1.67 bits per heavy atom. The van der Waals surface area contributed by atoms with Crippen LogP contribution in [-0.4, -0.2) is 11.2 Å². The van der Waals surface area contributed by atoms with Crippen molar-refractivity contribution in [2.75, 3.05) is 0 Å². The van der Waals surface area contributed by atoms with Crippen molar-refractivity contribution in [3.05, 3.63) is 74.8 Å². The minimum atomic E-state index is 0. The summed E-state index contributed by atoms with van der Waals surface area (Å²) in [5, 5.41) is 0. The molecule has 1 aromatic carbocycles. The van der Waals surface area contributed by atoms with Crippen LogP contribution < -0.4 is 0 Å². The van der Waals surface area contributed by atoms with Crippen molar-refractivity contribution in [3.8, 4) is 0 Å². The first-order chi connectivity index (χ1) is 7.34. The molecule has 2 aromatic rings. The number of nitrogens with zero attached hydrogens (tertiary/aromatic N) is 2. The number of benzene rings is 1. The van der Waals surface area contributed by atoms with E-state index < -0.39 is 0 Å². The summed E-state index contributed by atoms with van der Waals surface area (Å²) in [6.45, 7) is 2.06. The number of aliphatic imine (C=N–C) groups is 1. The molecule has 0 aliphatic carbocycles. The third-order valence-electron chi connectivity index (χ3n) is 2.07. The Kier molecular flexibility index (Phi) is 10.3. The van der Waals surface area contributed by atoms with Crippen LogP contribution in [0.5, 0.6) is 0 Å². The number of rotatable bonds is 2. The zero-order valence-electron chi connectivity index (χ0n) is 10.9. The molecule has 0 spiro atoms. The molecule has 0 saturated heterocycles. The van der Waals surface area contributed by atoms with E-state index in [0.29, 0.717) is 0 Å². The Hall–Kier alpha value is -1.30. The van der Waals surface area contributed by atoms with E-state index >= 15 is 0 Å². The molecule has 0 atom stereocenters. The summed E-state index contributed by atoms with van der Waals surface area (Å²) in [4.78, 5) is 8.49. The summed E-state index contributed by atoms with van der Waals surface area (Å²) in [6.07, 6.45) is 3.53. The van der Waals surface area contributed by atoms with Crippen LogP contribution in [0.1, 0.15) is 11.3 Å². The molecule has 0 unspecified atom stereocenters. The second kappa shape index (κ2) is 9.70. The molecule has 98 valence electrons. The molecule has 0 aliphatic rings. The standard InChI is InChI=1S/C13H12N2.2CH3.Pd/c1-11-5-7-12(8-6-11)15-10-13-4-2-3-9-14-13;;;/h2-10H,1H3;2*1H3;/q;2*-1;+2. The minimum Gasteiger partial charge on any atom is -0.358 e. The molecule has 2 rings (SSSR count). The molecular formula is C15H18N2Pd. The summed E-state index contributed by atoms with van der Waals surface area (Å²) in [5.74, 6) is 0. The van der Waals surface area contributed by atoms with Gasteiger partial charge >= 0.3 is 20.4 Å². The number of hydrogen-bond acceptors (Lipinski definition) is 2. The molecular weight excluding hydrogens is 315 g/mol. The first kappa shape index (κ1) is 19.1. The van der Waals surface area contributed by atoms with Gasteiger partial charge in [-0.3, -0.25) is 9.98 Å². The van der Waals surface area contributed by atoms with Gasteiger partial charge in [0.15, 0.2) is 0 Å². The monoisotopic (exact) mass is 332 g/mol. The van der Waals surface area contributed by atoms with Gasteiger partial charge in [-0.25, -0.2) is 0 Å². The molecule has 0 aliphatic heterocycles. The van der Waals surface area contributed by atoms with Crippen molar-refractivity contribution < 1.29 is 20.4 Å². The van der Waals surface area contributed by atoms with E-state index in [1.165, 1.54) is 5.56 Å². The maximum atomic E-state index is 4.33. The molecule has 18 heavy (non-hydrogen) atoms. The van der Waals surface area contributed by atoms with E-state index in [4.69, 9.17) is 0 Å². The first-order valence-corrected chi connectivity index (χ1v) is 4.86. The SMILES string of the molecule is Cc1ccc(N=Cc2ccccn2)cc1.[CH3-].[CH3-].[Pd+2]. The van der Waals surface area contributed by atoms with Crippen LogP contribution in [0.3, 0.4) is 0 Å². The summed E-state index contributed by atoms with van der Waals surface area (Å²) >= 11 is 0. The molecule has 0 radical (unpaired) electrons. The summed E-state index contributed by atoms with van der Waals surface area (Å²) in [5.41, 5.74) is 3.07. The van der Waals surface area contributed by atoms with Crippen molar-refractivity contribution in [1.29, 1.82) is 0 Å². The van der Waals surface area contributed by atoms with Gasteiger partial charge in [-0.1, -0.05) is 23.8 Å². The van der Waals surface area contributed by atoms with Crippen LogP contribution in [0.15, 0.2) is 53.7 Å². The molecule has 2 nitrogen and oxygen atoms in total. The largest absolute Gasteiger partial charge is 2.00 e. The Balaban J connectivity index is 0. The maximum Gasteiger partial charge on any atom is 2.00 e. The van der Waals surface area contributed by atoms with Gasteiger partial charge in [0.1, 0.15) is 0 Å². The summed E-state index contributed by atoms with van der Waals surface area (Å²) < 4.78 is 0. The molecule has 0 N–H and O–H groups in total. The zero-order chi connectivity index (χ0) is 10.5. The van der Waals surface area contributed by atoms with Gasteiger partial charge in [0.25, 0.3) is 0 Å². The third-order valence-corrected chi connectivity index (χ3v) is 2.07. The Morgan fingerprint density at radius 1 is 1.00 bits per heavy atom. The van der Waals surface area contributed by atoms with Crippen LogP contribution in [0.4, 0.5) is 5.69 Å². The van der Waals surface area contributed by atoms with E-state index in [1.807, 2.05) is 42.5 Å². The van der Waals surface area contributed by atoms with E-state index in [9.17, 15) is 0 Å². The van der Waals surface area contributed by atoms with Crippen LogP contribution in [-0.2, 0) is 20.4 Å². The van der Waals surface area contributed by atoms with Crippen LogP contribution in [0, 0.1) is 21.8 Å². The van der Waals surface area contributed by atoms with E-state index in [2.05, 4.69) is 16.9 Å². The average Bonchev–Trinajstić information content (AvgIpc) is 2.30. The second-order valence-corrected chi connectivity index (χ2v) is 3.35. The van der Waals surface area contributed by atoms with Crippen LogP contribution in [0.25, 0.3) is 0 Å². The quantitative estimate of drug-likeness (QED) is 0.463. The van der Waals surface area contributed by atoms with Gasteiger partial charge in [0.05, 0.1) is 17.6 Å². The molecule has 0 bridgehead atoms. The molecule has 0 fully saturated rings. The minimum absolute atomic E-state index is 0. The molecule has 0 amide bonds. The molecule has 3 heteroatoms. The fourth-order valence-corrected chi connectivity index (χ4v) is 1.22. The van der Waals surface area contributed by atoms with Crippen molar-refractivity contribution in [2.45, 2.75) is 6.92 Å². The van der Waals surface area contributed by atoms with Gasteiger partial charge < -0.3 is 14.9 Å². The fourth-order valence-electron chi connectivity index (χ4n) is 1.22. The van der Waals surface area contributed by atoms with Crippen LogP contribution >= 0.6 is 0 Å². The third kappa shape index (κ3) is 5.86. The number of aromatic nitrogens is 1. The van der Waals surface area contributed by atoms with Crippen LogP contribution in [0.2, 0.25) is 0 Å². The molecule has 1 aromatic heterocycles. The fraction of sp³-hybridized carbons (Fsp3) is 0.0667. The maximum absolute atomic E-state index is 4.33.